The Labute approximate surface area is 117 Å². The summed E-state index contributed by atoms with van der Waals surface area (Å²) < 4.78 is 12.9. The van der Waals surface area contributed by atoms with E-state index in [2.05, 4.69) is 5.32 Å². The van der Waals surface area contributed by atoms with Crippen molar-refractivity contribution >= 4 is 5.91 Å². The van der Waals surface area contributed by atoms with Crippen molar-refractivity contribution in [1.29, 1.82) is 0 Å². The lowest BCUT2D eigenvalue weighted by Crippen LogP contribution is -2.27. The number of phenols is 1. The molecule has 3 nitrogen and oxygen atoms in total. The summed E-state index contributed by atoms with van der Waals surface area (Å²) in [6.07, 6.45) is 0. The third-order valence-corrected chi connectivity index (χ3v) is 3.14. The Morgan fingerprint density at radius 3 is 2.60 bits per heavy atom. The van der Waals surface area contributed by atoms with Crippen LogP contribution in [0.25, 0.3) is 0 Å². The normalized spacial score (nSPS) is 11.9. The second-order valence-corrected chi connectivity index (χ2v) is 4.68. The van der Waals surface area contributed by atoms with Crippen molar-refractivity contribution in [3.05, 3.63) is 65.5 Å². The average Bonchev–Trinajstić information content (AvgIpc) is 2.45. The molecule has 0 saturated heterocycles. The molecule has 20 heavy (non-hydrogen) atoms. The van der Waals surface area contributed by atoms with Crippen molar-refractivity contribution in [3.8, 4) is 5.75 Å². The van der Waals surface area contributed by atoms with Gasteiger partial charge in [0.2, 0.25) is 0 Å². The van der Waals surface area contributed by atoms with Crippen molar-refractivity contribution in [2.75, 3.05) is 6.54 Å². The number of phenolic OH excluding ortho intramolecular Hbond substituents is 1. The molecule has 0 aliphatic rings. The topological polar surface area (TPSA) is 49.3 Å². The number of carbonyl (C=O) groups is 1. The number of nitrogens with one attached hydrogen (secondary N) is 1. The van der Waals surface area contributed by atoms with E-state index in [-0.39, 0.29) is 17.2 Å². The molecule has 0 radical (unpaired) electrons. The Hall–Kier alpha value is -2.36. The summed E-state index contributed by atoms with van der Waals surface area (Å²) in [6, 6.07) is 13.2. The van der Waals surface area contributed by atoms with Crippen LogP contribution < -0.4 is 5.32 Å². The molecular weight excluding hydrogens is 257 g/mol. The van der Waals surface area contributed by atoms with Gasteiger partial charge in [0.05, 0.1) is 5.56 Å². The lowest BCUT2D eigenvalue weighted by Gasteiger charge is -2.13. The highest BCUT2D eigenvalue weighted by Gasteiger charge is 2.13. The lowest BCUT2D eigenvalue weighted by atomic mass is 10.0. The molecule has 104 valence electrons. The van der Waals surface area contributed by atoms with Crippen LogP contribution in [0, 0.1) is 5.82 Å². The molecule has 2 aromatic carbocycles. The zero-order chi connectivity index (χ0) is 14.5. The van der Waals surface area contributed by atoms with E-state index < -0.39 is 11.7 Å². The molecule has 2 aromatic rings. The summed E-state index contributed by atoms with van der Waals surface area (Å²) in [7, 11) is 0. The van der Waals surface area contributed by atoms with Crippen molar-refractivity contribution < 1.29 is 14.3 Å². The minimum atomic E-state index is -0.572. The molecule has 0 aliphatic heterocycles. The van der Waals surface area contributed by atoms with Crippen LogP contribution >= 0.6 is 0 Å². The number of hydrogen-bond acceptors (Lipinski definition) is 2. The van der Waals surface area contributed by atoms with Gasteiger partial charge in [0.1, 0.15) is 11.6 Å². The van der Waals surface area contributed by atoms with Crippen LogP contribution in [0.3, 0.4) is 0 Å². The van der Waals surface area contributed by atoms with E-state index in [4.69, 9.17) is 0 Å². The smallest absolute Gasteiger partial charge is 0.255 e. The van der Waals surface area contributed by atoms with E-state index in [1.54, 1.807) is 0 Å². The van der Waals surface area contributed by atoms with Crippen LogP contribution in [-0.4, -0.2) is 17.6 Å². The van der Waals surface area contributed by atoms with E-state index in [1.807, 2.05) is 37.3 Å². The minimum absolute atomic E-state index is 0.0756. The fourth-order valence-electron chi connectivity index (χ4n) is 1.94. The monoisotopic (exact) mass is 273 g/mol. The van der Waals surface area contributed by atoms with Gasteiger partial charge in [0.25, 0.3) is 5.91 Å². The second-order valence-electron chi connectivity index (χ2n) is 4.68. The predicted molar refractivity (Wildman–Crippen MR) is 75.3 cm³/mol. The Morgan fingerprint density at radius 1 is 1.25 bits per heavy atom. The first-order chi connectivity index (χ1) is 9.58. The SMILES string of the molecule is CC(CNC(=O)c1ccc(F)cc1O)c1ccccc1. The first kappa shape index (κ1) is 14.1. The summed E-state index contributed by atoms with van der Waals surface area (Å²) in [5, 5.41) is 12.3. The summed E-state index contributed by atoms with van der Waals surface area (Å²) in [5.41, 5.74) is 1.20. The number of benzene rings is 2. The number of aromatic hydroxyl groups is 1. The minimum Gasteiger partial charge on any atom is -0.507 e. The highest BCUT2D eigenvalue weighted by atomic mass is 19.1. The summed E-state index contributed by atoms with van der Waals surface area (Å²) in [6.45, 7) is 2.44. The van der Waals surface area contributed by atoms with E-state index in [1.165, 1.54) is 6.07 Å². The van der Waals surface area contributed by atoms with Gasteiger partial charge in [-0.1, -0.05) is 37.3 Å². The van der Waals surface area contributed by atoms with Crippen LogP contribution in [-0.2, 0) is 0 Å². The maximum Gasteiger partial charge on any atom is 0.255 e. The van der Waals surface area contributed by atoms with Crippen LogP contribution in [0.1, 0.15) is 28.8 Å². The first-order valence-electron chi connectivity index (χ1n) is 6.39. The lowest BCUT2D eigenvalue weighted by molar-refractivity contribution is 0.0949. The van der Waals surface area contributed by atoms with Gasteiger partial charge >= 0.3 is 0 Å². The molecule has 0 saturated carbocycles. The number of halogens is 1. The predicted octanol–water partition coefficient (Wildman–Crippen LogP) is 3.06. The van der Waals surface area contributed by atoms with Crippen LogP contribution in [0.2, 0.25) is 0 Å². The Bertz CT molecular complexity index is 599. The zero-order valence-corrected chi connectivity index (χ0v) is 11.1. The van der Waals surface area contributed by atoms with Gasteiger partial charge in [-0.05, 0) is 23.6 Å². The molecule has 2 rings (SSSR count). The van der Waals surface area contributed by atoms with Crippen LogP contribution in [0.15, 0.2) is 48.5 Å². The van der Waals surface area contributed by atoms with E-state index in [0.29, 0.717) is 6.54 Å². The van der Waals surface area contributed by atoms with E-state index in [0.717, 1.165) is 17.7 Å². The molecule has 0 spiro atoms. The quantitative estimate of drug-likeness (QED) is 0.899. The van der Waals surface area contributed by atoms with Crippen LogP contribution in [0.4, 0.5) is 4.39 Å². The van der Waals surface area contributed by atoms with E-state index >= 15 is 0 Å². The van der Waals surface area contributed by atoms with Crippen molar-refractivity contribution in [2.45, 2.75) is 12.8 Å². The molecule has 0 fully saturated rings. The number of carbonyl (C=O) groups excluding carboxylic acids is 1. The van der Waals surface area contributed by atoms with Crippen molar-refractivity contribution in [3.63, 3.8) is 0 Å². The van der Waals surface area contributed by atoms with Gasteiger partial charge in [-0.25, -0.2) is 4.39 Å². The van der Waals surface area contributed by atoms with Crippen molar-refractivity contribution in [1.82, 2.24) is 5.32 Å². The molecule has 0 aromatic heterocycles. The van der Waals surface area contributed by atoms with Gasteiger partial charge in [-0.3, -0.25) is 4.79 Å². The average molecular weight is 273 g/mol. The maximum absolute atomic E-state index is 12.9. The number of amides is 1. The third kappa shape index (κ3) is 3.35. The molecule has 1 atom stereocenters. The number of hydrogen-bond donors (Lipinski definition) is 2. The van der Waals surface area contributed by atoms with Gasteiger partial charge < -0.3 is 10.4 Å². The van der Waals surface area contributed by atoms with Gasteiger partial charge in [0.15, 0.2) is 0 Å². The maximum atomic E-state index is 12.9. The molecule has 4 heteroatoms. The highest BCUT2D eigenvalue weighted by Crippen LogP contribution is 2.18. The Morgan fingerprint density at radius 2 is 1.95 bits per heavy atom. The summed E-state index contributed by atoms with van der Waals surface area (Å²) in [5.74, 6) is -1.18. The Balaban J connectivity index is 1.99. The van der Waals surface area contributed by atoms with Crippen LogP contribution in [0.5, 0.6) is 5.75 Å². The molecule has 2 N–H and O–H groups in total. The molecule has 0 aliphatic carbocycles. The zero-order valence-electron chi connectivity index (χ0n) is 11.1. The summed E-state index contributed by atoms with van der Waals surface area (Å²) >= 11 is 0. The molecule has 1 amide bonds. The van der Waals surface area contributed by atoms with E-state index in [9.17, 15) is 14.3 Å². The standard InChI is InChI=1S/C16H16FNO2/c1-11(12-5-3-2-4-6-12)10-18-16(20)14-8-7-13(17)9-15(14)19/h2-9,11,19H,10H2,1H3,(H,18,20). The van der Waals surface area contributed by atoms with Crippen molar-refractivity contribution in [2.24, 2.45) is 0 Å². The Kier molecular flexibility index (Phi) is 4.35. The fraction of sp³-hybridized carbons (Fsp3) is 0.188. The molecular formula is C16H16FNO2. The number of rotatable bonds is 4. The van der Waals surface area contributed by atoms with Gasteiger partial charge in [0, 0.05) is 12.6 Å². The fourth-order valence-corrected chi connectivity index (χ4v) is 1.94. The second kappa shape index (κ2) is 6.19. The molecule has 0 bridgehead atoms. The molecule has 1 unspecified atom stereocenters. The molecule has 0 heterocycles. The summed E-state index contributed by atoms with van der Waals surface area (Å²) in [4.78, 5) is 11.9. The van der Waals surface area contributed by atoms with Gasteiger partial charge in [-0.2, -0.15) is 0 Å². The first-order valence-corrected chi connectivity index (χ1v) is 6.39. The van der Waals surface area contributed by atoms with Gasteiger partial charge in [-0.15, -0.1) is 0 Å². The third-order valence-electron chi connectivity index (χ3n) is 3.14. The highest BCUT2D eigenvalue weighted by molar-refractivity contribution is 5.96. The largest absolute Gasteiger partial charge is 0.507 e.